The van der Waals surface area contributed by atoms with Gasteiger partial charge in [-0.05, 0) is 12.1 Å². The molecule has 0 aliphatic rings. The summed E-state index contributed by atoms with van der Waals surface area (Å²) in [7, 11) is 1.26. The van der Waals surface area contributed by atoms with E-state index < -0.39 is 17.4 Å². The van der Waals surface area contributed by atoms with Gasteiger partial charge in [-0.2, -0.15) is 13.2 Å². The van der Waals surface area contributed by atoms with Gasteiger partial charge in [-0.25, -0.2) is 0 Å². The summed E-state index contributed by atoms with van der Waals surface area (Å²) in [5.74, 6) is 0.0144. The molecule has 1 aromatic rings. The third-order valence-electron chi connectivity index (χ3n) is 1.66. The molecule has 0 heterocycles. The van der Waals surface area contributed by atoms with Crippen molar-refractivity contribution >= 4 is 21.6 Å². The minimum atomic E-state index is -4.49. The minimum Gasteiger partial charge on any atom is -0.495 e. The number of ether oxygens (including phenoxy) is 1. The Kier molecular flexibility index (Phi) is 2.94. The van der Waals surface area contributed by atoms with Crippen LogP contribution < -0.4 is 10.5 Å². The molecule has 2 nitrogen and oxygen atoms in total. The number of anilines is 1. The third-order valence-corrected chi connectivity index (χ3v) is 2.32. The number of halogens is 4. The van der Waals surface area contributed by atoms with Crippen LogP contribution in [0.4, 0.5) is 18.9 Å². The van der Waals surface area contributed by atoms with Gasteiger partial charge in [-0.15, -0.1) is 0 Å². The second-order valence-electron chi connectivity index (χ2n) is 2.54. The summed E-state index contributed by atoms with van der Waals surface area (Å²) in [4.78, 5) is 0. The van der Waals surface area contributed by atoms with Crippen molar-refractivity contribution in [3.8, 4) is 5.75 Å². The molecule has 78 valence electrons. The first-order chi connectivity index (χ1) is 6.38. The van der Waals surface area contributed by atoms with Crippen LogP contribution in [-0.2, 0) is 6.18 Å². The van der Waals surface area contributed by atoms with Crippen LogP contribution in [0.5, 0.6) is 5.75 Å². The zero-order chi connectivity index (χ0) is 10.9. The van der Waals surface area contributed by atoms with E-state index in [9.17, 15) is 13.2 Å². The molecule has 0 amide bonds. The Bertz CT molecular complexity index is 351. The second-order valence-corrected chi connectivity index (χ2v) is 3.39. The van der Waals surface area contributed by atoms with Gasteiger partial charge in [0.2, 0.25) is 0 Å². The zero-order valence-corrected chi connectivity index (χ0v) is 8.74. The Morgan fingerprint density at radius 3 is 2.36 bits per heavy atom. The van der Waals surface area contributed by atoms with Crippen molar-refractivity contribution in [2.75, 3.05) is 12.8 Å². The summed E-state index contributed by atoms with van der Waals surface area (Å²) in [6, 6.07) is 2.62. The van der Waals surface area contributed by atoms with E-state index in [2.05, 4.69) is 20.7 Å². The SMILES string of the molecule is COc1ccc(Br)c(C(F)(F)F)c1N. The number of alkyl halides is 3. The van der Waals surface area contributed by atoms with Crippen LogP contribution in [-0.4, -0.2) is 7.11 Å². The minimum absolute atomic E-state index is 0.0144. The van der Waals surface area contributed by atoms with E-state index in [-0.39, 0.29) is 10.2 Å². The van der Waals surface area contributed by atoms with Crippen LogP contribution in [0, 0.1) is 0 Å². The second kappa shape index (κ2) is 3.68. The highest BCUT2D eigenvalue weighted by atomic mass is 79.9. The monoisotopic (exact) mass is 269 g/mol. The third kappa shape index (κ3) is 1.95. The summed E-state index contributed by atoms with van der Waals surface area (Å²) >= 11 is 2.79. The molecule has 6 heteroatoms. The van der Waals surface area contributed by atoms with E-state index in [1.165, 1.54) is 19.2 Å². The molecular weight excluding hydrogens is 263 g/mol. The average molecular weight is 270 g/mol. The molecule has 1 aromatic carbocycles. The van der Waals surface area contributed by atoms with Crippen LogP contribution in [0.1, 0.15) is 5.56 Å². The highest BCUT2D eigenvalue weighted by molar-refractivity contribution is 9.10. The van der Waals surface area contributed by atoms with Gasteiger partial charge >= 0.3 is 6.18 Å². The molecule has 0 aliphatic carbocycles. The molecule has 0 spiro atoms. The van der Waals surface area contributed by atoms with Gasteiger partial charge in [-0.1, -0.05) is 15.9 Å². The fraction of sp³-hybridized carbons (Fsp3) is 0.250. The lowest BCUT2D eigenvalue weighted by Gasteiger charge is -2.14. The fourth-order valence-electron chi connectivity index (χ4n) is 1.04. The van der Waals surface area contributed by atoms with Crippen LogP contribution in [0.25, 0.3) is 0 Å². The van der Waals surface area contributed by atoms with E-state index in [0.717, 1.165) is 0 Å². The molecule has 0 atom stereocenters. The van der Waals surface area contributed by atoms with Gasteiger partial charge in [0.15, 0.2) is 0 Å². The predicted molar refractivity (Wildman–Crippen MR) is 50.1 cm³/mol. The van der Waals surface area contributed by atoms with Crippen molar-refractivity contribution in [2.45, 2.75) is 6.18 Å². The summed E-state index contributed by atoms with van der Waals surface area (Å²) in [5.41, 5.74) is 3.99. The predicted octanol–water partition coefficient (Wildman–Crippen LogP) is 3.06. The smallest absolute Gasteiger partial charge is 0.419 e. The molecule has 14 heavy (non-hydrogen) atoms. The van der Waals surface area contributed by atoms with Crippen LogP contribution >= 0.6 is 15.9 Å². The number of nitrogen functional groups attached to an aromatic ring is 1. The lowest BCUT2D eigenvalue weighted by molar-refractivity contribution is -0.137. The Balaban J connectivity index is 3.40. The van der Waals surface area contributed by atoms with Gasteiger partial charge in [0.05, 0.1) is 18.4 Å². The molecule has 0 fully saturated rings. The molecule has 0 unspecified atom stereocenters. The number of benzene rings is 1. The molecule has 0 saturated carbocycles. The van der Waals surface area contributed by atoms with Gasteiger partial charge in [0, 0.05) is 4.47 Å². The molecule has 1 rings (SSSR count). The van der Waals surface area contributed by atoms with Crippen molar-refractivity contribution in [3.63, 3.8) is 0 Å². The van der Waals surface area contributed by atoms with Crippen molar-refractivity contribution in [1.29, 1.82) is 0 Å². The first kappa shape index (κ1) is 11.2. The number of nitrogens with two attached hydrogens (primary N) is 1. The van der Waals surface area contributed by atoms with Gasteiger partial charge in [0.1, 0.15) is 5.75 Å². The summed E-state index contributed by atoms with van der Waals surface area (Å²) < 4.78 is 42.0. The lowest BCUT2D eigenvalue weighted by atomic mass is 10.1. The molecule has 0 aromatic heterocycles. The van der Waals surface area contributed by atoms with Crippen molar-refractivity contribution < 1.29 is 17.9 Å². The maximum absolute atomic E-state index is 12.5. The number of methoxy groups -OCH3 is 1. The topological polar surface area (TPSA) is 35.2 Å². The number of hydrogen-bond donors (Lipinski definition) is 1. The van der Waals surface area contributed by atoms with E-state index in [0.29, 0.717) is 0 Å². The Morgan fingerprint density at radius 2 is 1.93 bits per heavy atom. The Hall–Kier alpha value is -0.910. The van der Waals surface area contributed by atoms with Crippen LogP contribution in [0.2, 0.25) is 0 Å². The van der Waals surface area contributed by atoms with Crippen molar-refractivity contribution in [3.05, 3.63) is 22.2 Å². The first-order valence-corrected chi connectivity index (χ1v) is 4.36. The molecule has 0 saturated heterocycles. The van der Waals surface area contributed by atoms with E-state index in [4.69, 9.17) is 5.73 Å². The van der Waals surface area contributed by atoms with Crippen molar-refractivity contribution in [1.82, 2.24) is 0 Å². The fourth-order valence-corrected chi connectivity index (χ4v) is 1.61. The quantitative estimate of drug-likeness (QED) is 0.796. The van der Waals surface area contributed by atoms with E-state index in [1.54, 1.807) is 0 Å². The largest absolute Gasteiger partial charge is 0.495 e. The van der Waals surface area contributed by atoms with E-state index in [1.807, 2.05) is 0 Å². The first-order valence-electron chi connectivity index (χ1n) is 3.57. The maximum Gasteiger partial charge on any atom is 0.419 e. The molecule has 2 N–H and O–H groups in total. The van der Waals surface area contributed by atoms with E-state index >= 15 is 0 Å². The maximum atomic E-state index is 12.5. The van der Waals surface area contributed by atoms with Gasteiger partial charge in [0.25, 0.3) is 0 Å². The lowest BCUT2D eigenvalue weighted by Crippen LogP contribution is -2.10. The highest BCUT2D eigenvalue weighted by Gasteiger charge is 2.36. The summed E-state index contributed by atoms with van der Waals surface area (Å²) in [5, 5.41) is 0. The number of rotatable bonds is 1. The van der Waals surface area contributed by atoms with Gasteiger partial charge in [-0.3, -0.25) is 0 Å². The van der Waals surface area contributed by atoms with Gasteiger partial charge < -0.3 is 10.5 Å². The van der Waals surface area contributed by atoms with Crippen molar-refractivity contribution in [2.24, 2.45) is 0 Å². The standard InChI is InChI=1S/C8H7BrF3NO/c1-14-5-3-2-4(9)6(7(5)13)8(10,11)12/h2-3H,13H2,1H3. The Labute approximate surface area is 87.0 Å². The zero-order valence-electron chi connectivity index (χ0n) is 7.15. The summed E-state index contributed by atoms with van der Waals surface area (Å²) in [6.07, 6.45) is -4.49. The van der Waals surface area contributed by atoms with Crippen LogP contribution in [0.15, 0.2) is 16.6 Å². The Morgan fingerprint density at radius 1 is 1.36 bits per heavy atom. The summed E-state index contributed by atoms with van der Waals surface area (Å²) in [6.45, 7) is 0. The highest BCUT2D eigenvalue weighted by Crippen LogP contribution is 2.42. The number of hydrogen-bond acceptors (Lipinski definition) is 2. The molecule has 0 radical (unpaired) electrons. The molecule has 0 bridgehead atoms. The van der Waals surface area contributed by atoms with Crippen LogP contribution in [0.3, 0.4) is 0 Å². The normalized spacial score (nSPS) is 11.5. The molecule has 0 aliphatic heterocycles. The average Bonchev–Trinajstić information content (AvgIpc) is 2.02. The molecular formula is C8H7BrF3NO.